The van der Waals surface area contributed by atoms with Gasteiger partial charge in [0.25, 0.3) is 5.91 Å². The number of esters is 1. The number of carbonyl (C=O) groups excluding carboxylic acids is 2. The van der Waals surface area contributed by atoms with Crippen LogP contribution in [0.15, 0.2) is 42.7 Å². The van der Waals surface area contributed by atoms with E-state index in [1.165, 1.54) is 36.2 Å². The Balaban J connectivity index is 2.01. The summed E-state index contributed by atoms with van der Waals surface area (Å²) in [4.78, 5) is 34.5. The first-order valence-electron chi connectivity index (χ1n) is 7.27. The van der Waals surface area contributed by atoms with Crippen molar-refractivity contribution in [1.29, 1.82) is 0 Å². The number of rotatable bonds is 3. The fourth-order valence-electron chi connectivity index (χ4n) is 2.58. The second-order valence-electron chi connectivity index (χ2n) is 5.14. The highest BCUT2D eigenvalue weighted by Crippen LogP contribution is 2.42. The molecule has 124 valence electrons. The molecule has 0 unspecified atom stereocenters. The molecule has 8 heteroatoms. The number of thioether (sulfide) groups is 1. The first-order chi connectivity index (χ1) is 11.6. The molecule has 0 saturated carbocycles. The number of carbonyl (C=O) groups is 2. The Bertz CT molecular complexity index is 756. The van der Waals surface area contributed by atoms with Gasteiger partial charge in [-0.1, -0.05) is 30.3 Å². The van der Waals surface area contributed by atoms with Crippen LogP contribution in [-0.2, 0) is 9.53 Å². The summed E-state index contributed by atoms with van der Waals surface area (Å²) in [7, 11) is 1.31. The van der Waals surface area contributed by atoms with Gasteiger partial charge in [0.05, 0.1) is 7.11 Å². The SMILES string of the molecule is COC(=O)[C@@H]1CS[C@@H](c2ccccc2)N1C(=O)c1nccnc1N. The summed E-state index contributed by atoms with van der Waals surface area (Å²) >= 11 is 1.50. The van der Waals surface area contributed by atoms with Crippen molar-refractivity contribution in [2.24, 2.45) is 0 Å². The minimum atomic E-state index is -0.695. The van der Waals surface area contributed by atoms with Crippen LogP contribution < -0.4 is 5.73 Å². The van der Waals surface area contributed by atoms with E-state index in [4.69, 9.17) is 10.5 Å². The zero-order valence-corrected chi connectivity index (χ0v) is 13.8. The largest absolute Gasteiger partial charge is 0.467 e. The molecule has 1 aromatic heterocycles. The van der Waals surface area contributed by atoms with E-state index in [1.54, 1.807) is 0 Å². The molecule has 24 heavy (non-hydrogen) atoms. The molecule has 0 spiro atoms. The Hall–Kier alpha value is -2.61. The standard InChI is InChI=1S/C16H16N4O3S/c1-23-16(22)11-9-24-15(10-5-3-2-4-6-10)20(11)14(21)12-13(17)19-8-7-18-12/h2-8,11,15H,9H2,1H3,(H2,17,19)/t11-,15-/m0/s1. The van der Waals surface area contributed by atoms with E-state index in [0.717, 1.165) is 5.56 Å². The van der Waals surface area contributed by atoms with E-state index in [1.807, 2.05) is 30.3 Å². The van der Waals surface area contributed by atoms with Crippen molar-refractivity contribution in [2.45, 2.75) is 11.4 Å². The first kappa shape index (κ1) is 16.3. The monoisotopic (exact) mass is 344 g/mol. The second-order valence-corrected chi connectivity index (χ2v) is 6.25. The number of aromatic nitrogens is 2. The van der Waals surface area contributed by atoms with Gasteiger partial charge in [0.2, 0.25) is 0 Å². The molecule has 2 N–H and O–H groups in total. The number of nitrogens with zero attached hydrogens (tertiary/aromatic N) is 3. The lowest BCUT2D eigenvalue weighted by Crippen LogP contribution is -2.44. The number of methoxy groups -OCH3 is 1. The van der Waals surface area contributed by atoms with Crippen molar-refractivity contribution >= 4 is 29.5 Å². The highest BCUT2D eigenvalue weighted by Gasteiger charge is 2.44. The molecule has 1 fully saturated rings. The molecule has 1 saturated heterocycles. The average Bonchev–Trinajstić information content (AvgIpc) is 3.06. The molecule has 1 aliphatic rings. The lowest BCUT2D eigenvalue weighted by atomic mass is 10.1. The molecule has 1 amide bonds. The van der Waals surface area contributed by atoms with Crippen LogP contribution in [0, 0.1) is 0 Å². The van der Waals surface area contributed by atoms with Crippen LogP contribution in [0.4, 0.5) is 5.82 Å². The van der Waals surface area contributed by atoms with Gasteiger partial charge in [-0.05, 0) is 5.56 Å². The van der Waals surface area contributed by atoms with Crippen LogP contribution in [-0.4, -0.2) is 45.6 Å². The number of anilines is 1. The fraction of sp³-hybridized carbons (Fsp3) is 0.250. The third-order valence-electron chi connectivity index (χ3n) is 3.72. The van der Waals surface area contributed by atoms with Crippen molar-refractivity contribution in [3.8, 4) is 0 Å². The third kappa shape index (κ3) is 2.92. The summed E-state index contributed by atoms with van der Waals surface area (Å²) in [6, 6.07) is 8.81. The number of nitrogens with two attached hydrogens (primary N) is 1. The Morgan fingerprint density at radius 2 is 1.96 bits per heavy atom. The highest BCUT2D eigenvalue weighted by atomic mass is 32.2. The van der Waals surface area contributed by atoms with E-state index in [0.29, 0.717) is 5.75 Å². The predicted molar refractivity (Wildman–Crippen MR) is 90.1 cm³/mol. The Morgan fingerprint density at radius 1 is 1.25 bits per heavy atom. The van der Waals surface area contributed by atoms with E-state index in [9.17, 15) is 9.59 Å². The molecule has 7 nitrogen and oxygen atoms in total. The molecular formula is C16H16N4O3S. The van der Waals surface area contributed by atoms with Crippen LogP contribution in [0.1, 0.15) is 21.4 Å². The molecule has 2 atom stereocenters. The van der Waals surface area contributed by atoms with Crippen molar-refractivity contribution in [1.82, 2.24) is 14.9 Å². The van der Waals surface area contributed by atoms with Crippen LogP contribution >= 0.6 is 11.8 Å². The van der Waals surface area contributed by atoms with Crippen molar-refractivity contribution in [3.63, 3.8) is 0 Å². The number of benzene rings is 1. The topological polar surface area (TPSA) is 98.4 Å². The summed E-state index contributed by atoms with van der Waals surface area (Å²) < 4.78 is 4.85. The van der Waals surface area contributed by atoms with Crippen LogP contribution in [0.25, 0.3) is 0 Å². The molecule has 2 heterocycles. The third-order valence-corrected chi connectivity index (χ3v) is 5.05. The second kappa shape index (κ2) is 6.88. The normalized spacial score (nSPS) is 20.0. The van der Waals surface area contributed by atoms with Gasteiger partial charge >= 0.3 is 5.97 Å². The Morgan fingerprint density at radius 3 is 2.62 bits per heavy atom. The molecule has 0 radical (unpaired) electrons. The summed E-state index contributed by atoms with van der Waals surface area (Å²) in [6.07, 6.45) is 2.81. The van der Waals surface area contributed by atoms with Gasteiger partial charge in [-0.3, -0.25) is 4.79 Å². The summed E-state index contributed by atoms with van der Waals surface area (Å²) in [5, 5.41) is -0.316. The van der Waals surface area contributed by atoms with Gasteiger partial charge in [-0.2, -0.15) is 0 Å². The summed E-state index contributed by atoms with van der Waals surface area (Å²) in [6.45, 7) is 0. The minimum absolute atomic E-state index is 0.0369. The molecule has 0 bridgehead atoms. The molecule has 0 aliphatic carbocycles. The first-order valence-corrected chi connectivity index (χ1v) is 8.32. The van der Waals surface area contributed by atoms with Crippen LogP contribution in [0.5, 0.6) is 0 Å². The van der Waals surface area contributed by atoms with E-state index >= 15 is 0 Å². The van der Waals surface area contributed by atoms with Gasteiger partial charge in [0.1, 0.15) is 11.4 Å². The van der Waals surface area contributed by atoms with Crippen LogP contribution in [0.3, 0.4) is 0 Å². The molecule has 1 aromatic carbocycles. The van der Waals surface area contributed by atoms with E-state index < -0.39 is 17.9 Å². The molecule has 3 rings (SSSR count). The number of hydrogen-bond donors (Lipinski definition) is 1. The molecule has 2 aromatic rings. The number of nitrogen functional groups attached to an aromatic ring is 1. The average molecular weight is 344 g/mol. The van der Waals surface area contributed by atoms with Crippen molar-refractivity contribution < 1.29 is 14.3 Å². The maximum atomic E-state index is 13.0. The zero-order chi connectivity index (χ0) is 17.1. The molecule has 1 aliphatic heterocycles. The molecular weight excluding hydrogens is 328 g/mol. The van der Waals surface area contributed by atoms with Crippen LogP contribution in [0.2, 0.25) is 0 Å². The summed E-state index contributed by atoms with van der Waals surface area (Å²) in [5.74, 6) is -0.417. The lowest BCUT2D eigenvalue weighted by Gasteiger charge is -2.28. The van der Waals surface area contributed by atoms with Gasteiger partial charge in [0, 0.05) is 18.1 Å². The number of hydrogen-bond acceptors (Lipinski definition) is 7. The van der Waals surface area contributed by atoms with Gasteiger partial charge in [0.15, 0.2) is 11.5 Å². The maximum absolute atomic E-state index is 13.0. The zero-order valence-electron chi connectivity index (χ0n) is 13.0. The minimum Gasteiger partial charge on any atom is -0.467 e. The van der Waals surface area contributed by atoms with E-state index in [2.05, 4.69) is 9.97 Å². The predicted octanol–water partition coefficient (Wildman–Crippen LogP) is 1.49. The van der Waals surface area contributed by atoms with Gasteiger partial charge in [-0.15, -0.1) is 11.8 Å². The van der Waals surface area contributed by atoms with Crippen molar-refractivity contribution in [3.05, 3.63) is 54.0 Å². The Kier molecular flexibility index (Phi) is 4.66. The highest BCUT2D eigenvalue weighted by molar-refractivity contribution is 7.99. The number of ether oxygens (including phenoxy) is 1. The van der Waals surface area contributed by atoms with Gasteiger partial charge in [-0.25, -0.2) is 14.8 Å². The van der Waals surface area contributed by atoms with Gasteiger partial charge < -0.3 is 15.4 Å². The quantitative estimate of drug-likeness (QED) is 0.842. The maximum Gasteiger partial charge on any atom is 0.329 e. The summed E-state index contributed by atoms with van der Waals surface area (Å²) in [5.41, 5.74) is 6.74. The smallest absolute Gasteiger partial charge is 0.329 e. The lowest BCUT2D eigenvalue weighted by molar-refractivity contribution is -0.145. The van der Waals surface area contributed by atoms with E-state index in [-0.39, 0.29) is 16.9 Å². The number of amides is 1. The van der Waals surface area contributed by atoms with Crippen molar-refractivity contribution in [2.75, 3.05) is 18.6 Å². The Labute approximate surface area is 143 Å². The fourth-order valence-corrected chi connectivity index (χ4v) is 4.00.